The summed E-state index contributed by atoms with van der Waals surface area (Å²) in [4.78, 5) is 13.7. The second-order valence-corrected chi connectivity index (χ2v) is 7.87. The number of aromatic nitrogens is 1. The van der Waals surface area contributed by atoms with Gasteiger partial charge in [-0.15, -0.1) is 0 Å². The molecule has 1 aromatic heterocycles. The van der Waals surface area contributed by atoms with Crippen LogP contribution in [0.1, 0.15) is 33.1 Å². The molecule has 1 atom stereocenters. The van der Waals surface area contributed by atoms with Crippen molar-refractivity contribution < 1.29 is 9.90 Å². The number of para-hydroxylation sites is 1. The zero-order valence-electron chi connectivity index (χ0n) is 17.8. The molecule has 0 bridgehead atoms. The van der Waals surface area contributed by atoms with Gasteiger partial charge in [0.15, 0.2) is 5.78 Å². The summed E-state index contributed by atoms with van der Waals surface area (Å²) >= 11 is 0. The number of hydrogen-bond donors (Lipinski definition) is 2. The van der Waals surface area contributed by atoms with E-state index in [0.717, 1.165) is 22.9 Å². The van der Waals surface area contributed by atoms with E-state index in [1.165, 1.54) is 11.1 Å². The molecule has 0 aliphatic carbocycles. The third kappa shape index (κ3) is 4.76. The van der Waals surface area contributed by atoms with Crippen LogP contribution in [0.5, 0.6) is 0 Å². The summed E-state index contributed by atoms with van der Waals surface area (Å²) < 4.78 is 1.96. The molecule has 158 valence electrons. The van der Waals surface area contributed by atoms with Crippen molar-refractivity contribution in [1.82, 2.24) is 9.88 Å². The molecule has 0 amide bonds. The standard InChI is InChI=1S/C27H28N2O2/c1-20-11-13-21(14-12-20)15-16-28-26(22-7-3-2-4-8-22)27(31)24-19-29(17-18-30)25-10-6-5-9-23(24)25/h2-14,19,26,28,30H,15-18H2,1H3/t26-/m1/s1. The van der Waals surface area contributed by atoms with E-state index in [9.17, 15) is 9.90 Å². The van der Waals surface area contributed by atoms with Crippen LogP contribution in [0.4, 0.5) is 0 Å². The van der Waals surface area contributed by atoms with Crippen molar-refractivity contribution in [3.8, 4) is 0 Å². The Morgan fingerprint density at radius 1 is 0.968 bits per heavy atom. The van der Waals surface area contributed by atoms with Crippen LogP contribution in [-0.2, 0) is 13.0 Å². The summed E-state index contributed by atoms with van der Waals surface area (Å²) in [6, 6.07) is 25.8. The molecule has 0 saturated carbocycles. The van der Waals surface area contributed by atoms with Gasteiger partial charge in [-0.1, -0.05) is 78.4 Å². The Hall–Kier alpha value is -3.21. The third-order valence-electron chi connectivity index (χ3n) is 5.67. The van der Waals surface area contributed by atoms with Gasteiger partial charge in [0.1, 0.15) is 0 Å². The predicted octanol–water partition coefficient (Wildman–Crippen LogP) is 4.70. The van der Waals surface area contributed by atoms with Crippen LogP contribution >= 0.6 is 0 Å². The zero-order valence-corrected chi connectivity index (χ0v) is 17.8. The molecule has 0 aliphatic rings. The molecule has 2 N–H and O–H groups in total. The molecular formula is C27H28N2O2. The molecular weight excluding hydrogens is 384 g/mol. The van der Waals surface area contributed by atoms with Gasteiger partial charge in [-0.25, -0.2) is 0 Å². The van der Waals surface area contributed by atoms with E-state index in [2.05, 4.69) is 36.5 Å². The van der Waals surface area contributed by atoms with Gasteiger partial charge in [-0.3, -0.25) is 4.79 Å². The highest BCUT2D eigenvalue weighted by Gasteiger charge is 2.24. The van der Waals surface area contributed by atoms with Gasteiger partial charge in [0.05, 0.1) is 12.6 Å². The van der Waals surface area contributed by atoms with Crippen molar-refractivity contribution in [2.75, 3.05) is 13.2 Å². The Labute approximate surface area is 183 Å². The highest BCUT2D eigenvalue weighted by Crippen LogP contribution is 2.27. The number of rotatable bonds is 9. The van der Waals surface area contributed by atoms with Gasteiger partial charge in [0.2, 0.25) is 0 Å². The molecule has 0 saturated heterocycles. The first-order valence-electron chi connectivity index (χ1n) is 10.7. The molecule has 4 rings (SSSR count). The Balaban J connectivity index is 1.62. The first-order valence-corrected chi connectivity index (χ1v) is 10.7. The molecule has 1 heterocycles. The van der Waals surface area contributed by atoms with Crippen molar-refractivity contribution in [1.29, 1.82) is 0 Å². The van der Waals surface area contributed by atoms with Crippen LogP contribution in [0.2, 0.25) is 0 Å². The molecule has 0 spiro atoms. The van der Waals surface area contributed by atoms with E-state index >= 15 is 0 Å². The Morgan fingerprint density at radius 3 is 2.42 bits per heavy atom. The number of nitrogens with one attached hydrogen (secondary N) is 1. The molecule has 0 unspecified atom stereocenters. The van der Waals surface area contributed by atoms with E-state index < -0.39 is 6.04 Å². The van der Waals surface area contributed by atoms with Gasteiger partial charge < -0.3 is 15.0 Å². The highest BCUT2D eigenvalue weighted by molar-refractivity contribution is 6.10. The number of aliphatic hydroxyl groups is 1. The van der Waals surface area contributed by atoms with Crippen LogP contribution in [0, 0.1) is 6.92 Å². The van der Waals surface area contributed by atoms with E-state index in [1.54, 1.807) is 0 Å². The summed E-state index contributed by atoms with van der Waals surface area (Å²) in [6.07, 6.45) is 2.73. The van der Waals surface area contributed by atoms with Gasteiger partial charge in [-0.2, -0.15) is 0 Å². The molecule has 0 radical (unpaired) electrons. The van der Waals surface area contributed by atoms with E-state index in [4.69, 9.17) is 0 Å². The summed E-state index contributed by atoms with van der Waals surface area (Å²) in [7, 11) is 0. The van der Waals surface area contributed by atoms with Crippen LogP contribution in [0.3, 0.4) is 0 Å². The Morgan fingerprint density at radius 2 is 1.68 bits per heavy atom. The monoisotopic (exact) mass is 412 g/mol. The molecule has 3 aromatic carbocycles. The average molecular weight is 413 g/mol. The molecule has 4 nitrogen and oxygen atoms in total. The first kappa shape index (κ1) is 21.0. The van der Waals surface area contributed by atoms with E-state index in [1.807, 2.05) is 65.4 Å². The van der Waals surface area contributed by atoms with Crippen molar-refractivity contribution in [3.05, 3.63) is 107 Å². The lowest BCUT2D eigenvalue weighted by Gasteiger charge is -2.18. The third-order valence-corrected chi connectivity index (χ3v) is 5.67. The molecule has 4 heteroatoms. The maximum Gasteiger partial charge on any atom is 0.186 e. The highest BCUT2D eigenvalue weighted by atomic mass is 16.3. The van der Waals surface area contributed by atoms with E-state index in [-0.39, 0.29) is 12.4 Å². The van der Waals surface area contributed by atoms with Crippen molar-refractivity contribution in [2.24, 2.45) is 0 Å². The SMILES string of the molecule is Cc1ccc(CCN[C@@H](C(=O)c2cn(CCO)c3ccccc23)c2ccccc2)cc1. The number of carbonyl (C=O) groups is 1. The summed E-state index contributed by atoms with van der Waals surface area (Å²) in [6.45, 7) is 3.27. The smallest absolute Gasteiger partial charge is 0.186 e. The normalized spacial score (nSPS) is 12.2. The van der Waals surface area contributed by atoms with Crippen molar-refractivity contribution >= 4 is 16.7 Å². The first-order chi connectivity index (χ1) is 15.2. The number of aryl methyl sites for hydroxylation is 1. The second kappa shape index (κ2) is 9.73. The quantitative estimate of drug-likeness (QED) is 0.392. The number of carbonyl (C=O) groups excluding carboxylic acids is 1. The lowest BCUT2D eigenvalue weighted by atomic mass is 9.96. The fraction of sp³-hybridized carbons (Fsp3) is 0.222. The Bertz CT molecular complexity index is 1150. The number of benzene rings is 3. The lowest BCUT2D eigenvalue weighted by molar-refractivity contribution is 0.0944. The molecule has 31 heavy (non-hydrogen) atoms. The Kier molecular flexibility index (Phi) is 6.60. The fourth-order valence-corrected chi connectivity index (χ4v) is 4.01. The van der Waals surface area contributed by atoms with Crippen molar-refractivity contribution in [3.63, 3.8) is 0 Å². The van der Waals surface area contributed by atoms with Gasteiger partial charge in [0.25, 0.3) is 0 Å². The predicted molar refractivity (Wildman–Crippen MR) is 125 cm³/mol. The summed E-state index contributed by atoms with van der Waals surface area (Å²) in [5.74, 6) is 0.0444. The fourth-order valence-electron chi connectivity index (χ4n) is 4.01. The van der Waals surface area contributed by atoms with Gasteiger partial charge >= 0.3 is 0 Å². The van der Waals surface area contributed by atoms with Crippen LogP contribution in [0.15, 0.2) is 85.1 Å². The minimum absolute atomic E-state index is 0.0310. The lowest BCUT2D eigenvalue weighted by Crippen LogP contribution is -2.30. The van der Waals surface area contributed by atoms with Gasteiger partial charge in [0, 0.05) is 35.8 Å². The molecule has 4 aromatic rings. The maximum absolute atomic E-state index is 13.7. The number of Topliss-reactive ketones (excluding diaryl/α,β-unsaturated/α-hetero) is 1. The topological polar surface area (TPSA) is 54.3 Å². The number of ketones is 1. The van der Waals surface area contributed by atoms with Crippen LogP contribution < -0.4 is 5.32 Å². The summed E-state index contributed by atoms with van der Waals surface area (Å²) in [5.41, 5.74) is 5.09. The van der Waals surface area contributed by atoms with E-state index in [0.29, 0.717) is 18.7 Å². The average Bonchev–Trinajstić information content (AvgIpc) is 3.17. The number of hydrogen-bond acceptors (Lipinski definition) is 3. The number of aliphatic hydroxyl groups excluding tert-OH is 1. The van der Waals surface area contributed by atoms with Crippen LogP contribution in [-0.4, -0.2) is 28.6 Å². The minimum atomic E-state index is -0.431. The number of nitrogens with zero attached hydrogens (tertiary/aromatic N) is 1. The van der Waals surface area contributed by atoms with Gasteiger partial charge in [-0.05, 0) is 30.5 Å². The minimum Gasteiger partial charge on any atom is -0.395 e. The number of fused-ring (bicyclic) bond motifs is 1. The molecule has 0 aliphatic heterocycles. The van der Waals surface area contributed by atoms with Crippen LogP contribution in [0.25, 0.3) is 10.9 Å². The maximum atomic E-state index is 13.7. The zero-order chi connectivity index (χ0) is 21.6. The summed E-state index contributed by atoms with van der Waals surface area (Å²) in [5, 5.41) is 13.9. The van der Waals surface area contributed by atoms with Crippen molar-refractivity contribution in [2.45, 2.75) is 25.9 Å². The molecule has 0 fully saturated rings. The largest absolute Gasteiger partial charge is 0.395 e. The second-order valence-electron chi connectivity index (χ2n) is 7.87.